The Morgan fingerprint density at radius 2 is 0.542 bits per heavy atom. The van der Waals surface area contributed by atoms with Crippen molar-refractivity contribution in [3.8, 4) is 63.4 Å². The van der Waals surface area contributed by atoms with Crippen LogP contribution in [-0.2, 0) is 93.7 Å². The molecule has 677 valence electrons. The van der Waals surface area contributed by atoms with Gasteiger partial charge in [-0.1, -0.05) is 143 Å². The second-order valence-electron chi connectivity index (χ2n) is 28.0. The van der Waals surface area contributed by atoms with Crippen LogP contribution in [0.1, 0.15) is 54.2 Å². The van der Waals surface area contributed by atoms with Gasteiger partial charge >= 0.3 is 17.9 Å². The van der Waals surface area contributed by atoms with Crippen LogP contribution in [0.2, 0.25) is 0 Å². The predicted octanol–water partition coefficient (Wildman–Crippen LogP) is 24.7. The first-order valence-corrected chi connectivity index (χ1v) is 44.9. The topological polar surface area (TPSA) is 293 Å². The summed E-state index contributed by atoms with van der Waals surface area (Å²) in [5, 5.41) is 40.9. The number of benzene rings is 6. The quantitative estimate of drug-likeness (QED) is 0.00878. The first-order chi connectivity index (χ1) is 62.0. The largest absolute Gasteiger partial charge is 0.512 e. The number of aliphatic hydroxyl groups excluding tert-OH is 4. The van der Waals surface area contributed by atoms with Crippen LogP contribution in [0.25, 0.3) is 124 Å². The van der Waals surface area contributed by atoms with E-state index in [1.807, 2.05) is 110 Å². The van der Waals surface area contributed by atoms with E-state index in [4.69, 9.17) is 26.2 Å². The SMILES string of the molecule is CC(O)=CC(=O)OCCN.CC(O)=CC(=O)OCCN=C=O.CC(O)=CC(=O)OCCO.Cc1ccnc(-c2[c-]c3ccccc3s2)c1.Cc1ccnc(-c2[c-]c3ccccc3s2)c1.Cc1ccnc(-c2[c-]c3ccccc3s2)c1.Cc1ccnc(-c2[c-]c3ccccc3s2)c1.Cc1ccnc(-c2[c-]c3ccccc3s2)c1.Cc1ccnc(-c2[c-]c3ccccc3s2)c1.[Ir].[Ir].[Ir]. The van der Waals surface area contributed by atoms with Gasteiger partial charge in [0, 0.05) is 138 Å². The second-order valence-corrected chi connectivity index (χ2v) is 34.3. The molecule has 12 aromatic heterocycles. The van der Waals surface area contributed by atoms with E-state index in [0.717, 1.165) is 81.7 Å². The van der Waals surface area contributed by atoms with Gasteiger partial charge in [0.25, 0.3) is 0 Å². The van der Waals surface area contributed by atoms with Crippen LogP contribution in [0.3, 0.4) is 0 Å². The van der Waals surface area contributed by atoms with Gasteiger partial charge in [0.1, 0.15) is 19.8 Å². The van der Waals surface area contributed by atoms with E-state index in [9.17, 15) is 19.2 Å². The van der Waals surface area contributed by atoms with E-state index in [1.165, 1.54) is 121 Å². The van der Waals surface area contributed by atoms with Crippen LogP contribution in [-0.4, -0.2) is 114 Å². The summed E-state index contributed by atoms with van der Waals surface area (Å²) in [7, 11) is 0. The van der Waals surface area contributed by atoms with E-state index in [-0.39, 0.29) is 111 Å². The van der Waals surface area contributed by atoms with Crippen molar-refractivity contribution in [3.63, 3.8) is 0 Å². The number of nitrogens with two attached hydrogens (primary N) is 1. The summed E-state index contributed by atoms with van der Waals surface area (Å²) in [5.41, 5.74) is 18.5. The van der Waals surface area contributed by atoms with Crippen molar-refractivity contribution in [2.75, 3.05) is 39.5 Å². The summed E-state index contributed by atoms with van der Waals surface area (Å²) < 4.78 is 21.0. The maximum absolute atomic E-state index is 10.6. The van der Waals surface area contributed by atoms with Crippen LogP contribution in [0.15, 0.2) is 296 Å². The minimum atomic E-state index is -0.656. The summed E-state index contributed by atoms with van der Waals surface area (Å²) in [6.45, 7) is 16.9. The number of aliphatic imine (C=N–C) groups is 1. The number of ether oxygens (including phenoxy) is 3. The second kappa shape index (κ2) is 56.1. The molecule has 28 heteroatoms. The average Bonchev–Trinajstić information content (AvgIpc) is 1.71. The summed E-state index contributed by atoms with van der Waals surface area (Å²) in [5.74, 6) is -2.17. The molecule has 6 N–H and O–H groups in total. The fourth-order valence-corrected chi connectivity index (χ4v) is 17.2. The van der Waals surface area contributed by atoms with Crippen LogP contribution in [0.5, 0.6) is 0 Å². The molecular weight excluding hydrogens is 2290 g/mol. The number of allylic oxidation sites excluding steroid dienone is 3. The Morgan fingerprint density at radius 1 is 0.344 bits per heavy atom. The summed E-state index contributed by atoms with van der Waals surface area (Å²) in [4.78, 5) is 77.3. The number of nitrogens with zero attached hydrogens (tertiary/aromatic N) is 7. The van der Waals surface area contributed by atoms with Crippen LogP contribution in [0.4, 0.5) is 0 Å². The van der Waals surface area contributed by atoms with Crippen LogP contribution >= 0.6 is 68.0 Å². The third-order valence-corrected chi connectivity index (χ3v) is 23.7. The number of rotatable bonds is 16. The number of hydrogen-bond donors (Lipinski definition) is 5. The third kappa shape index (κ3) is 35.5. The number of esters is 3. The van der Waals surface area contributed by atoms with Gasteiger partial charge in [-0.05, 0) is 156 Å². The zero-order valence-corrected chi connectivity index (χ0v) is 84.6. The standard InChI is InChI=1S/6C14H10NS.C7H9NO4.C6H11NO3.C6H10O4.3Ir/c6*1-10-6-7-15-12(8-10)14-9-11-4-2-3-5-13(11)16-14;1-6(10)4-7(11)12-3-2-8-5-9;2*1-5(8)4-6(9)10-3-2-7;;;/h6*2-8H,1H3;4,10H,2-3H2,1H3;4,8H,2-3,7H2,1H3;4,7-8H,2-3H2,1H3;;;/q6*-1;;;;;;. The van der Waals surface area contributed by atoms with Gasteiger partial charge in [0.05, 0.1) is 48.7 Å². The maximum Gasteiger partial charge on any atom is 0.334 e. The zero-order chi connectivity index (χ0) is 91.1. The summed E-state index contributed by atoms with van der Waals surface area (Å²) in [6.07, 6.45) is 15.3. The predicted molar refractivity (Wildman–Crippen MR) is 523 cm³/mol. The molecule has 0 aliphatic carbocycles. The molecule has 0 atom stereocenters. The monoisotopic (exact) mass is 2390 g/mol. The number of isocyanates is 1. The molecule has 19 nitrogen and oxygen atoms in total. The van der Waals surface area contributed by atoms with E-state index in [0.29, 0.717) is 6.54 Å². The van der Waals surface area contributed by atoms with E-state index >= 15 is 0 Å². The molecule has 0 bridgehead atoms. The number of carbonyl (C=O) groups excluding carboxylic acids is 4. The molecular formula is C103H90Ir3N8O11S6-6. The molecule has 0 aliphatic heterocycles. The molecule has 6 aromatic carbocycles. The Labute approximate surface area is 825 Å². The number of pyridine rings is 6. The first-order valence-electron chi connectivity index (χ1n) is 40.0. The normalized spacial score (nSPS) is 10.6. The van der Waals surface area contributed by atoms with Gasteiger partial charge < -0.3 is 70.3 Å². The molecule has 131 heavy (non-hydrogen) atoms. The molecule has 0 spiro atoms. The smallest absolute Gasteiger partial charge is 0.334 e. The number of hydrogen-bond acceptors (Lipinski definition) is 25. The Bertz CT molecular complexity index is 5720. The van der Waals surface area contributed by atoms with Crippen molar-refractivity contribution in [1.82, 2.24) is 29.9 Å². The van der Waals surface area contributed by atoms with Crippen molar-refractivity contribution in [1.29, 1.82) is 0 Å². The number of carbonyl (C=O) groups is 3. The molecule has 12 heterocycles. The Kier molecular flexibility index (Phi) is 45.5. The van der Waals surface area contributed by atoms with Gasteiger partial charge in [0.2, 0.25) is 6.08 Å². The van der Waals surface area contributed by atoms with Gasteiger partial charge in [0.15, 0.2) is 0 Å². The molecule has 0 fully saturated rings. The molecule has 0 saturated carbocycles. The fourth-order valence-electron chi connectivity index (χ4n) is 11.3. The van der Waals surface area contributed by atoms with Gasteiger partial charge in [-0.3, -0.25) is 0 Å². The summed E-state index contributed by atoms with van der Waals surface area (Å²) >= 11 is 10.4. The number of aliphatic hydroxyl groups is 4. The molecule has 3 radical (unpaired) electrons. The average molecular weight is 2380 g/mol. The van der Waals surface area contributed by atoms with E-state index in [1.54, 1.807) is 68.0 Å². The van der Waals surface area contributed by atoms with Crippen molar-refractivity contribution >= 4 is 153 Å². The first kappa shape index (κ1) is 106. The van der Waals surface area contributed by atoms with Crippen LogP contribution in [0, 0.1) is 77.9 Å². The van der Waals surface area contributed by atoms with Crippen molar-refractivity contribution in [2.24, 2.45) is 10.7 Å². The van der Waals surface area contributed by atoms with Crippen molar-refractivity contribution in [3.05, 3.63) is 361 Å². The van der Waals surface area contributed by atoms with Gasteiger partial charge in [-0.25, -0.2) is 92.2 Å². The van der Waals surface area contributed by atoms with Crippen LogP contribution < -0.4 is 5.73 Å². The number of aryl methyl sites for hydroxylation is 6. The fraction of sp³-hybridized carbons (Fsp3) is 0.146. The van der Waals surface area contributed by atoms with Crippen molar-refractivity contribution < 1.29 is 114 Å². The minimum absolute atomic E-state index is 0. The molecule has 0 saturated heterocycles. The van der Waals surface area contributed by atoms with E-state index in [2.05, 4.69) is 273 Å². The third-order valence-electron chi connectivity index (χ3n) is 17.2. The summed E-state index contributed by atoms with van der Waals surface area (Å²) in [6, 6.07) is 94.9. The molecule has 0 aliphatic rings. The van der Waals surface area contributed by atoms with Gasteiger partial charge in [-0.15, -0.1) is 142 Å². The van der Waals surface area contributed by atoms with Crippen molar-refractivity contribution in [2.45, 2.75) is 62.3 Å². The maximum atomic E-state index is 10.6. The molecule has 18 aromatic rings. The number of fused-ring (bicyclic) bond motifs is 6. The van der Waals surface area contributed by atoms with E-state index < -0.39 is 17.9 Å². The Hall–Kier alpha value is -11.7. The Morgan fingerprint density at radius 3 is 0.718 bits per heavy atom. The Balaban J connectivity index is 0.000000202. The molecule has 0 amide bonds. The molecule has 18 rings (SSSR count). The zero-order valence-electron chi connectivity index (χ0n) is 72.5. The van der Waals surface area contributed by atoms with Gasteiger partial charge in [-0.2, -0.15) is 0 Å². The number of aromatic nitrogens is 6. The number of thiophene rings is 6. The molecule has 0 unspecified atom stereocenters. The minimum Gasteiger partial charge on any atom is -0.512 e.